The Bertz CT molecular complexity index is 348. The van der Waals surface area contributed by atoms with Gasteiger partial charge >= 0.3 is 5.97 Å². The minimum Gasteiger partial charge on any atom is -0.481 e. The molecule has 1 saturated heterocycles. The number of aromatic nitrogens is 2. The highest BCUT2D eigenvalue weighted by molar-refractivity contribution is 5.72. The van der Waals surface area contributed by atoms with Crippen molar-refractivity contribution in [2.75, 3.05) is 13.1 Å². The normalized spacial score (nSPS) is 26.6. The number of nitrogens with one attached hydrogen (secondary N) is 1. The molecule has 0 saturated carbocycles. The first-order valence-corrected chi connectivity index (χ1v) is 4.60. The number of hydrogen-bond donors (Lipinski definition) is 2. The van der Waals surface area contributed by atoms with Crippen LogP contribution in [0.2, 0.25) is 0 Å². The van der Waals surface area contributed by atoms with Crippen LogP contribution in [0.4, 0.5) is 0 Å². The van der Waals surface area contributed by atoms with Gasteiger partial charge in [-0.25, -0.2) is 4.98 Å². The van der Waals surface area contributed by atoms with E-state index < -0.39 is 5.97 Å². The van der Waals surface area contributed by atoms with Gasteiger partial charge in [-0.05, 0) is 0 Å². The molecule has 1 aromatic heterocycles. The van der Waals surface area contributed by atoms with Gasteiger partial charge in [-0.3, -0.25) is 4.79 Å². The average Bonchev–Trinajstić information content (AvgIpc) is 2.70. The summed E-state index contributed by atoms with van der Waals surface area (Å²) in [6.45, 7) is 1.27. The van der Waals surface area contributed by atoms with Gasteiger partial charge in [0.25, 0.3) is 0 Å². The quantitative estimate of drug-likeness (QED) is 0.686. The summed E-state index contributed by atoms with van der Waals surface area (Å²) in [5.74, 6) is -1.02. The van der Waals surface area contributed by atoms with Crippen molar-refractivity contribution in [1.29, 1.82) is 0 Å². The summed E-state index contributed by atoms with van der Waals surface area (Å²) < 4.78 is 1.88. The fourth-order valence-electron chi connectivity index (χ4n) is 1.97. The van der Waals surface area contributed by atoms with Crippen molar-refractivity contribution >= 4 is 5.97 Å². The van der Waals surface area contributed by atoms with Crippen LogP contribution in [0.25, 0.3) is 0 Å². The molecule has 0 spiro atoms. The van der Waals surface area contributed by atoms with Crippen molar-refractivity contribution in [2.24, 2.45) is 13.0 Å². The number of carbonyl (C=O) groups is 1. The van der Waals surface area contributed by atoms with Gasteiger partial charge in [0.05, 0.1) is 12.2 Å². The van der Waals surface area contributed by atoms with Crippen molar-refractivity contribution < 1.29 is 9.90 Å². The minimum absolute atomic E-state index is 0.0417. The predicted molar refractivity (Wildman–Crippen MR) is 49.9 cm³/mol. The Morgan fingerprint density at radius 3 is 3.07 bits per heavy atom. The zero-order chi connectivity index (χ0) is 10.1. The number of nitrogens with zero attached hydrogens (tertiary/aromatic N) is 2. The maximum atomic E-state index is 10.9. The summed E-state index contributed by atoms with van der Waals surface area (Å²) in [5, 5.41) is 12.1. The lowest BCUT2D eigenvalue weighted by Crippen LogP contribution is -2.22. The number of hydrogen-bond acceptors (Lipinski definition) is 3. The molecule has 0 bridgehead atoms. The Hall–Kier alpha value is -1.36. The van der Waals surface area contributed by atoms with Crippen LogP contribution in [-0.4, -0.2) is 33.7 Å². The molecule has 2 rings (SSSR count). The fraction of sp³-hybridized carbons (Fsp3) is 0.556. The van der Waals surface area contributed by atoms with Gasteiger partial charge in [0.1, 0.15) is 0 Å². The van der Waals surface area contributed by atoms with E-state index in [1.54, 1.807) is 12.5 Å². The highest BCUT2D eigenvalue weighted by atomic mass is 16.4. The highest BCUT2D eigenvalue weighted by Gasteiger charge is 2.35. The lowest BCUT2D eigenvalue weighted by molar-refractivity contribution is -0.141. The van der Waals surface area contributed by atoms with Crippen LogP contribution >= 0.6 is 0 Å². The van der Waals surface area contributed by atoms with E-state index >= 15 is 0 Å². The van der Waals surface area contributed by atoms with E-state index in [4.69, 9.17) is 5.11 Å². The van der Waals surface area contributed by atoms with E-state index in [0.29, 0.717) is 6.54 Å². The monoisotopic (exact) mass is 195 g/mol. The van der Waals surface area contributed by atoms with E-state index in [0.717, 1.165) is 12.2 Å². The Kier molecular flexibility index (Phi) is 2.25. The van der Waals surface area contributed by atoms with Crippen LogP contribution in [0.5, 0.6) is 0 Å². The molecule has 1 aliphatic rings. The van der Waals surface area contributed by atoms with Gasteiger partial charge in [-0.2, -0.15) is 0 Å². The number of carboxylic acids is 1. The van der Waals surface area contributed by atoms with Crippen molar-refractivity contribution in [3.05, 3.63) is 18.2 Å². The number of rotatable bonds is 2. The Labute approximate surface area is 81.8 Å². The van der Waals surface area contributed by atoms with Crippen molar-refractivity contribution in [3.63, 3.8) is 0 Å². The molecule has 2 N–H and O–H groups in total. The summed E-state index contributed by atoms with van der Waals surface area (Å²) in [6.07, 6.45) is 3.44. The largest absolute Gasteiger partial charge is 0.481 e. The van der Waals surface area contributed by atoms with E-state index in [1.165, 1.54) is 0 Å². The molecular weight excluding hydrogens is 182 g/mol. The van der Waals surface area contributed by atoms with Crippen molar-refractivity contribution in [3.8, 4) is 0 Å². The molecule has 2 heterocycles. The van der Waals surface area contributed by atoms with Crippen LogP contribution in [0, 0.1) is 5.92 Å². The molecule has 0 aliphatic carbocycles. The van der Waals surface area contributed by atoms with E-state index in [-0.39, 0.29) is 11.8 Å². The first-order chi connectivity index (χ1) is 6.70. The summed E-state index contributed by atoms with van der Waals surface area (Å²) in [4.78, 5) is 15.0. The zero-order valence-electron chi connectivity index (χ0n) is 7.97. The molecule has 2 unspecified atom stereocenters. The number of carboxylic acid groups (broad SMARTS) is 1. The van der Waals surface area contributed by atoms with Crippen molar-refractivity contribution in [1.82, 2.24) is 14.9 Å². The molecule has 0 aromatic carbocycles. The van der Waals surface area contributed by atoms with E-state index in [2.05, 4.69) is 10.3 Å². The number of aliphatic carboxylic acids is 1. The second-order valence-corrected chi connectivity index (χ2v) is 3.64. The molecule has 1 aromatic rings. The standard InChI is InChI=1S/C9H13N3O2/c1-12-5-11-4-8(12)6-2-10-3-7(6)9(13)14/h4-7,10H,2-3H2,1H3,(H,13,14). The SMILES string of the molecule is Cn1cncc1C1CNCC1C(=O)O. The molecule has 14 heavy (non-hydrogen) atoms. The highest BCUT2D eigenvalue weighted by Crippen LogP contribution is 2.27. The Morgan fingerprint density at radius 1 is 1.71 bits per heavy atom. The minimum atomic E-state index is -0.735. The maximum Gasteiger partial charge on any atom is 0.308 e. The molecule has 1 fully saturated rings. The van der Waals surface area contributed by atoms with Crippen LogP contribution < -0.4 is 5.32 Å². The van der Waals surface area contributed by atoms with Crippen LogP contribution in [0.1, 0.15) is 11.6 Å². The lowest BCUT2D eigenvalue weighted by Gasteiger charge is -2.14. The summed E-state index contributed by atoms with van der Waals surface area (Å²) in [7, 11) is 1.89. The topological polar surface area (TPSA) is 67.2 Å². The summed E-state index contributed by atoms with van der Waals surface area (Å²) in [6, 6.07) is 0. The van der Waals surface area contributed by atoms with Gasteiger partial charge in [-0.15, -0.1) is 0 Å². The molecule has 0 radical (unpaired) electrons. The third-order valence-electron chi connectivity index (χ3n) is 2.77. The van der Waals surface area contributed by atoms with Gasteiger partial charge in [0.15, 0.2) is 0 Å². The third kappa shape index (κ3) is 1.39. The zero-order valence-corrected chi connectivity index (χ0v) is 7.97. The molecule has 76 valence electrons. The molecule has 0 amide bonds. The maximum absolute atomic E-state index is 10.9. The van der Waals surface area contributed by atoms with Crippen LogP contribution in [0.3, 0.4) is 0 Å². The van der Waals surface area contributed by atoms with E-state index in [1.807, 2.05) is 11.6 Å². The molecular formula is C9H13N3O2. The van der Waals surface area contributed by atoms with Gasteiger partial charge in [-0.1, -0.05) is 0 Å². The molecule has 1 aliphatic heterocycles. The van der Waals surface area contributed by atoms with Gasteiger partial charge < -0.3 is 15.0 Å². The third-order valence-corrected chi connectivity index (χ3v) is 2.77. The first kappa shape index (κ1) is 9.21. The Morgan fingerprint density at radius 2 is 2.50 bits per heavy atom. The lowest BCUT2D eigenvalue weighted by atomic mass is 9.93. The van der Waals surface area contributed by atoms with Crippen molar-refractivity contribution in [2.45, 2.75) is 5.92 Å². The predicted octanol–water partition coefficient (Wildman–Crippen LogP) is -0.192. The van der Waals surface area contributed by atoms with Crippen LogP contribution in [0.15, 0.2) is 12.5 Å². The first-order valence-electron chi connectivity index (χ1n) is 4.60. The summed E-state index contributed by atoms with van der Waals surface area (Å²) >= 11 is 0. The smallest absolute Gasteiger partial charge is 0.308 e. The van der Waals surface area contributed by atoms with Crippen LogP contribution in [-0.2, 0) is 11.8 Å². The molecule has 5 heteroatoms. The molecule has 5 nitrogen and oxygen atoms in total. The summed E-state index contributed by atoms with van der Waals surface area (Å²) in [5.41, 5.74) is 0.988. The fourth-order valence-corrected chi connectivity index (χ4v) is 1.97. The number of imidazole rings is 1. The second kappa shape index (κ2) is 3.42. The number of aryl methyl sites for hydroxylation is 1. The molecule has 2 atom stereocenters. The average molecular weight is 195 g/mol. The van der Waals surface area contributed by atoms with Gasteiger partial charge in [0.2, 0.25) is 0 Å². The second-order valence-electron chi connectivity index (χ2n) is 3.64. The Balaban J connectivity index is 2.26. The van der Waals surface area contributed by atoms with Gasteiger partial charge in [0, 0.05) is 37.9 Å². The van der Waals surface area contributed by atoms with E-state index in [9.17, 15) is 4.79 Å².